The van der Waals surface area contributed by atoms with Crippen molar-refractivity contribution in [1.82, 2.24) is 9.97 Å². The maximum absolute atomic E-state index is 5.73. The number of anilines is 1. The predicted octanol–water partition coefficient (Wildman–Crippen LogP) is 1.84. The van der Waals surface area contributed by atoms with Crippen molar-refractivity contribution in [3.05, 3.63) is 17.3 Å². The topological polar surface area (TPSA) is 51.8 Å². The van der Waals surface area contributed by atoms with Crippen LogP contribution in [-0.4, -0.2) is 9.97 Å². The van der Waals surface area contributed by atoms with Crippen molar-refractivity contribution in [2.24, 2.45) is 0 Å². The molecule has 2 rings (SSSR count). The lowest BCUT2D eigenvalue weighted by Crippen LogP contribution is -1.97. The number of hydrogen-bond acceptors (Lipinski definition) is 4. The smallest absolute Gasteiger partial charge is 0.135 e. The summed E-state index contributed by atoms with van der Waals surface area (Å²) in [6.45, 7) is 2.02. The second-order valence-corrected chi connectivity index (χ2v) is 3.41. The van der Waals surface area contributed by atoms with Gasteiger partial charge >= 0.3 is 0 Å². The zero-order valence-corrected chi connectivity index (χ0v) is 7.56. The van der Waals surface area contributed by atoms with Crippen molar-refractivity contribution >= 4 is 27.4 Å². The van der Waals surface area contributed by atoms with Gasteiger partial charge in [0.1, 0.15) is 16.5 Å². The SMILES string of the molecule is CCc1nc(N)c2ccsc2n1. The fourth-order valence-electron chi connectivity index (χ4n) is 1.08. The van der Waals surface area contributed by atoms with Gasteiger partial charge in [-0.1, -0.05) is 6.92 Å². The highest BCUT2D eigenvalue weighted by Crippen LogP contribution is 2.22. The molecule has 0 fully saturated rings. The van der Waals surface area contributed by atoms with Gasteiger partial charge in [0.05, 0.1) is 5.39 Å². The third kappa shape index (κ3) is 1.04. The molecule has 62 valence electrons. The molecule has 0 amide bonds. The van der Waals surface area contributed by atoms with Crippen LogP contribution in [0.3, 0.4) is 0 Å². The number of nitrogens with two attached hydrogens (primary N) is 1. The normalized spacial score (nSPS) is 10.8. The zero-order chi connectivity index (χ0) is 8.55. The molecule has 0 spiro atoms. The molecule has 0 bridgehead atoms. The second kappa shape index (κ2) is 2.71. The van der Waals surface area contributed by atoms with Crippen molar-refractivity contribution < 1.29 is 0 Å². The van der Waals surface area contributed by atoms with E-state index in [9.17, 15) is 0 Å². The largest absolute Gasteiger partial charge is 0.383 e. The number of thiophene rings is 1. The van der Waals surface area contributed by atoms with Gasteiger partial charge in [0.25, 0.3) is 0 Å². The van der Waals surface area contributed by atoms with Crippen LogP contribution in [0.1, 0.15) is 12.7 Å². The van der Waals surface area contributed by atoms with E-state index in [4.69, 9.17) is 5.73 Å². The summed E-state index contributed by atoms with van der Waals surface area (Å²) in [5.74, 6) is 1.42. The first-order chi connectivity index (χ1) is 5.81. The summed E-state index contributed by atoms with van der Waals surface area (Å²) in [5.41, 5.74) is 5.73. The Labute approximate surface area is 74.3 Å². The second-order valence-electron chi connectivity index (χ2n) is 2.52. The van der Waals surface area contributed by atoms with E-state index in [1.807, 2.05) is 18.4 Å². The van der Waals surface area contributed by atoms with Crippen LogP contribution in [0.4, 0.5) is 5.82 Å². The molecule has 0 aromatic carbocycles. The number of hydrogen-bond donors (Lipinski definition) is 1. The summed E-state index contributed by atoms with van der Waals surface area (Å²) in [5, 5.41) is 2.95. The summed E-state index contributed by atoms with van der Waals surface area (Å²) in [6, 6.07) is 1.95. The van der Waals surface area contributed by atoms with Crippen molar-refractivity contribution in [3.8, 4) is 0 Å². The Morgan fingerprint density at radius 2 is 2.33 bits per heavy atom. The monoisotopic (exact) mass is 179 g/mol. The van der Waals surface area contributed by atoms with Gasteiger partial charge in [-0.05, 0) is 11.4 Å². The predicted molar refractivity (Wildman–Crippen MR) is 51.2 cm³/mol. The molecule has 0 atom stereocenters. The molecule has 0 saturated heterocycles. The average molecular weight is 179 g/mol. The van der Waals surface area contributed by atoms with Gasteiger partial charge in [-0.15, -0.1) is 11.3 Å². The Morgan fingerprint density at radius 3 is 3.08 bits per heavy atom. The van der Waals surface area contributed by atoms with Gasteiger partial charge in [0.15, 0.2) is 0 Å². The first-order valence-electron chi connectivity index (χ1n) is 3.81. The molecule has 2 aromatic rings. The Morgan fingerprint density at radius 1 is 1.50 bits per heavy atom. The van der Waals surface area contributed by atoms with Crippen LogP contribution in [0.2, 0.25) is 0 Å². The minimum Gasteiger partial charge on any atom is -0.383 e. The van der Waals surface area contributed by atoms with Gasteiger partial charge in [0, 0.05) is 6.42 Å². The molecular weight excluding hydrogens is 170 g/mol. The molecule has 0 aliphatic carbocycles. The van der Waals surface area contributed by atoms with E-state index in [0.29, 0.717) is 5.82 Å². The minimum atomic E-state index is 0.595. The number of aromatic nitrogens is 2. The number of aryl methyl sites for hydroxylation is 1. The van der Waals surface area contributed by atoms with Crippen molar-refractivity contribution in [1.29, 1.82) is 0 Å². The average Bonchev–Trinajstić information content (AvgIpc) is 2.52. The van der Waals surface area contributed by atoms with Crippen LogP contribution in [0.25, 0.3) is 10.2 Å². The Bertz CT molecular complexity index is 408. The first-order valence-corrected chi connectivity index (χ1v) is 4.69. The fraction of sp³-hybridized carbons (Fsp3) is 0.250. The third-order valence-corrected chi connectivity index (χ3v) is 2.52. The van der Waals surface area contributed by atoms with Crippen LogP contribution in [-0.2, 0) is 6.42 Å². The highest BCUT2D eigenvalue weighted by atomic mass is 32.1. The molecule has 12 heavy (non-hydrogen) atoms. The Kier molecular flexibility index (Phi) is 1.69. The number of fused-ring (bicyclic) bond motifs is 1. The van der Waals surface area contributed by atoms with Gasteiger partial charge in [-0.25, -0.2) is 9.97 Å². The Hall–Kier alpha value is -1.16. The van der Waals surface area contributed by atoms with Crippen LogP contribution in [0, 0.1) is 0 Å². The zero-order valence-electron chi connectivity index (χ0n) is 6.74. The summed E-state index contributed by atoms with van der Waals surface area (Å²) in [6.07, 6.45) is 0.831. The quantitative estimate of drug-likeness (QED) is 0.726. The molecular formula is C8H9N3S. The van der Waals surface area contributed by atoms with E-state index in [1.165, 1.54) is 0 Å². The molecule has 0 radical (unpaired) electrons. The molecule has 0 aliphatic rings. The minimum absolute atomic E-state index is 0.595. The highest BCUT2D eigenvalue weighted by molar-refractivity contribution is 7.16. The maximum Gasteiger partial charge on any atom is 0.135 e. The molecule has 2 N–H and O–H groups in total. The van der Waals surface area contributed by atoms with E-state index < -0.39 is 0 Å². The molecule has 4 heteroatoms. The van der Waals surface area contributed by atoms with Crippen LogP contribution in [0.5, 0.6) is 0 Å². The van der Waals surface area contributed by atoms with E-state index in [1.54, 1.807) is 11.3 Å². The third-order valence-electron chi connectivity index (χ3n) is 1.72. The number of rotatable bonds is 1. The van der Waals surface area contributed by atoms with E-state index in [-0.39, 0.29) is 0 Å². The Balaban J connectivity index is 2.75. The first kappa shape index (κ1) is 7.49. The summed E-state index contributed by atoms with van der Waals surface area (Å²) < 4.78 is 0. The van der Waals surface area contributed by atoms with Crippen molar-refractivity contribution in [2.75, 3.05) is 5.73 Å². The summed E-state index contributed by atoms with van der Waals surface area (Å²) in [7, 11) is 0. The van der Waals surface area contributed by atoms with Crippen LogP contribution >= 0.6 is 11.3 Å². The lowest BCUT2D eigenvalue weighted by molar-refractivity contribution is 0.969. The van der Waals surface area contributed by atoms with E-state index in [0.717, 1.165) is 22.5 Å². The van der Waals surface area contributed by atoms with Gasteiger partial charge in [-0.2, -0.15) is 0 Å². The van der Waals surface area contributed by atoms with Gasteiger partial charge in [-0.3, -0.25) is 0 Å². The molecule has 0 aliphatic heterocycles. The fourth-order valence-corrected chi connectivity index (χ4v) is 1.87. The molecule has 3 nitrogen and oxygen atoms in total. The lowest BCUT2D eigenvalue weighted by atomic mass is 10.3. The van der Waals surface area contributed by atoms with Crippen molar-refractivity contribution in [3.63, 3.8) is 0 Å². The van der Waals surface area contributed by atoms with Crippen LogP contribution < -0.4 is 5.73 Å². The van der Waals surface area contributed by atoms with Gasteiger partial charge in [0.2, 0.25) is 0 Å². The highest BCUT2D eigenvalue weighted by Gasteiger charge is 2.03. The summed E-state index contributed by atoms with van der Waals surface area (Å²) >= 11 is 1.60. The van der Waals surface area contributed by atoms with E-state index >= 15 is 0 Å². The lowest BCUT2D eigenvalue weighted by Gasteiger charge is -1.98. The van der Waals surface area contributed by atoms with Crippen LogP contribution in [0.15, 0.2) is 11.4 Å². The maximum atomic E-state index is 5.73. The molecule has 0 saturated carbocycles. The van der Waals surface area contributed by atoms with Crippen molar-refractivity contribution in [2.45, 2.75) is 13.3 Å². The van der Waals surface area contributed by atoms with E-state index in [2.05, 4.69) is 9.97 Å². The standard InChI is InChI=1S/C8H9N3S/c1-2-6-10-7(9)5-3-4-12-8(5)11-6/h3-4H,2H2,1H3,(H2,9,10,11). The molecule has 2 aromatic heterocycles. The summed E-state index contributed by atoms with van der Waals surface area (Å²) in [4.78, 5) is 9.49. The molecule has 2 heterocycles. The molecule has 0 unspecified atom stereocenters. The number of nitrogens with zero attached hydrogens (tertiary/aromatic N) is 2. The van der Waals surface area contributed by atoms with Gasteiger partial charge < -0.3 is 5.73 Å². The number of nitrogen functional groups attached to an aromatic ring is 1.